The monoisotopic (exact) mass is 455 g/mol. The minimum Gasteiger partial charge on any atom is -0.388 e. The van der Waals surface area contributed by atoms with E-state index in [9.17, 15) is 19.5 Å². The molecule has 3 heterocycles. The number of aliphatic hydroxyl groups excluding tert-OH is 1. The first kappa shape index (κ1) is 22.5. The second-order valence-electron chi connectivity index (χ2n) is 10.2. The van der Waals surface area contributed by atoms with Gasteiger partial charge in [-0.3, -0.25) is 14.4 Å². The first-order chi connectivity index (χ1) is 15.9. The predicted molar refractivity (Wildman–Crippen MR) is 121 cm³/mol. The van der Waals surface area contributed by atoms with Crippen LogP contribution in [0.4, 0.5) is 0 Å². The Morgan fingerprint density at radius 1 is 1.12 bits per heavy atom. The number of rotatable bonds is 4. The highest BCUT2D eigenvalue weighted by Gasteiger charge is 2.56. The van der Waals surface area contributed by atoms with Gasteiger partial charge in [-0.05, 0) is 69.4 Å². The Labute approximate surface area is 194 Å². The SMILES string of the molecule is CN1CCC(c2ccc(C(=O)NC3(C(=O)N4C[C@H](O)[C@H]5OCC(=O)[C@H]54)CCCC3)cc2)CC1. The highest BCUT2D eigenvalue weighted by Crippen LogP contribution is 2.36. The maximum Gasteiger partial charge on any atom is 0.252 e. The van der Waals surface area contributed by atoms with Gasteiger partial charge in [0.15, 0.2) is 5.78 Å². The summed E-state index contributed by atoms with van der Waals surface area (Å²) in [7, 11) is 2.14. The van der Waals surface area contributed by atoms with Crippen molar-refractivity contribution in [1.29, 1.82) is 0 Å². The number of β-amino-alcohol motifs (C(OH)–C–C–N with tert-alkyl or cyclic N) is 1. The normalized spacial score (nSPS) is 29.9. The van der Waals surface area contributed by atoms with Crippen molar-refractivity contribution in [2.75, 3.05) is 33.3 Å². The summed E-state index contributed by atoms with van der Waals surface area (Å²) in [6.07, 6.45) is 3.41. The Kier molecular flexibility index (Phi) is 6.01. The van der Waals surface area contributed by atoms with Crippen molar-refractivity contribution >= 4 is 17.6 Å². The summed E-state index contributed by atoms with van der Waals surface area (Å²) >= 11 is 0. The molecule has 1 saturated carbocycles. The highest BCUT2D eigenvalue weighted by atomic mass is 16.5. The van der Waals surface area contributed by atoms with Crippen molar-refractivity contribution in [3.8, 4) is 0 Å². The fourth-order valence-corrected chi connectivity index (χ4v) is 6.02. The molecule has 1 aromatic rings. The second-order valence-corrected chi connectivity index (χ2v) is 10.2. The molecular weight excluding hydrogens is 422 g/mol. The van der Waals surface area contributed by atoms with E-state index in [-0.39, 0.29) is 30.7 Å². The van der Waals surface area contributed by atoms with Crippen molar-refractivity contribution in [2.24, 2.45) is 0 Å². The van der Waals surface area contributed by atoms with E-state index in [1.54, 1.807) is 0 Å². The Balaban J connectivity index is 1.30. The molecule has 3 atom stereocenters. The third-order valence-corrected chi connectivity index (χ3v) is 8.00. The van der Waals surface area contributed by atoms with E-state index in [1.165, 1.54) is 10.5 Å². The number of hydrogen-bond acceptors (Lipinski definition) is 6. The number of likely N-dealkylation sites (tertiary alicyclic amines) is 2. The fraction of sp³-hybridized carbons (Fsp3) is 0.640. The van der Waals surface area contributed by atoms with Crippen LogP contribution in [0.1, 0.15) is 60.4 Å². The van der Waals surface area contributed by atoms with Gasteiger partial charge in [0.1, 0.15) is 30.4 Å². The Morgan fingerprint density at radius 3 is 2.45 bits per heavy atom. The van der Waals surface area contributed by atoms with Gasteiger partial charge >= 0.3 is 0 Å². The average Bonchev–Trinajstić information content (AvgIpc) is 3.53. The van der Waals surface area contributed by atoms with Crippen molar-refractivity contribution < 1.29 is 24.2 Å². The molecule has 8 nitrogen and oxygen atoms in total. The molecule has 5 rings (SSSR count). The third kappa shape index (κ3) is 4.09. The predicted octanol–water partition coefficient (Wildman–Crippen LogP) is 1.08. The van der Waals surface area contributed by atoms with E-state index in [4.69, 9.17) is 4.74 Å². The Hall–Kier alpha value is -2.29. The molecule has 1 aliphatic carbocycles. The lowest BCUT2D eigenvalue weighted by Crippen LogP contribution is -2.60. The zero-order valence-corrected chi connectivity index (χ0v) is 19.2. The minimum absolute atomic E-state index is 0.0583. The average molecular weight is 456 g/mol. The molecule has 2 N–H and O–H groups in total. The number of ketones is 1. The molecule has 0 spiro atoms. The fourth-order valence-electron chi connectivity index (χ4n) is 6.02. The summed E-state index contributed by atoms with van der Waals surface area (Å²) in [6.45, 7) is 2.14. The lowest BCUT2D eigenvalue weighted by molar-refractivity contribution is -0.142. The summed E-state index contributed by atoms with van der Waals surface area (Å²) < 4.78 is 5.41. The molecule has 4 fully saturated rings. The van der Waals surface area contributed by atoms with Gasteiger partial charge in [0.2, 0.25) is 5.91 Å². The number of Topliss-reactive ketones (excluding diaryl/α,β-unsaturated/α-hetero) is 1. The summed E-state index contributed by atoms with van der Waals surface area (Å²) in [4.78, 5) is 42.9. The number of nitrogens with zero attached hydrogens (tertiary/aromatic N) is 2. The quantitative estimate of drug-likeness (QED) is 0.705. The van der Waals surface area contributed by atoms with Gasteiger partial charge < -0.3 is 25.0 Å². The number of aliphatic hydroxyl groups is 1. The van der Waals surface area contributed by atoms with Crippen LogP contribution >= 0.6 is 0 Å². The number of carbonyl (C=O) groups excluding carboxylic acids is 3. The van der Waals surface area contributed by atoms with E-state index < -0.39 is 23.8 Å². The number of hydrogen-bond donors (Lipinski definition) is 2. The Bertz CT molecular complexity index is 918. The number of benzene rings is 1. The summed E-state index contributed by atoms with van der Waals surface area (Å²) in [5.74, 6) is -0.220. The topological polar surface area (TPSA) is 99.2 Å². The van der Waals surface area contributed by atoms with Crippen LogP contribution in [0.5, 0.6) is 0 Å². The summed E-state index contributed by atoms with van der Waals surface area (Å²) in [6, 6.07) is 7.00. The van der Waals surface area contributed by atoms with Gasteiger partial charge in [-0.2, -0.15) is 0 Å². The van der Waals surface area contributed by atoms with Crippen molar-refractivity contribution in [2.45, 2.75) is 68.2 Å². The van der Waals surface area contributed by atoms with Crippen LogP contribution in [-0.2, 0) is 14.3 Å². The number of amides is 2. The van der Waals surface area contributed by atoms with Crippen molar-refractivity contribution in [1.82, 2.24) is 15.1 Å². The van der Waals surface area contributed by atoms with Crippen LogP contribution in [0, 0.1) is 0 Å². The maximum atomic E-state index is 13.6. The van der Waals surface area contributed by atoms with Gasteiger partial charge in [-0.15, -0.1) is 0 Å². The molecule has 3 aliphatic heterocycles. The smallest absolute Gasteiger partial charge is 0.252 e. The number of nitrogens with one attached hydrogen (secondary N) is 1. The third-order valence-electron chi connectivity index (χ3n) is 8.00. The van der Waals surface area contributed by atoms with E-state index in [2.05, 4.69) is 17.3 Å². The molecule has 0 radical (unpaired) electrons. The van der Waals surface area contributed by atoms with Gasteiger partial charge in [-0.1, -0.05) is 25.0 Å². The molecule has 2 amide bonds. The zero-order valence-electron chi connectivity index (χ0n) is 19.2. The standard InChI is InChI=1S/C25H33N3O5/c1-27-12-8-17(9-13-27)16-4-6-18(7-5-16)23(31)26-25(10-2-3-11-25)24(32)28-14-19(29)22-21(28)20(30)15-33-22/h4-7,17,19,21-22,29H,2-3,8-15H2,1H3,(H,26,31)/t19-,21+,22+/m0/s1. The van der Waals surface area contributed by atoms with Crippen LogP contribution in [0.3, 0.4) is 0 Å². The molecule has 178 valence electrons. The molecule has 8 heteroatoms. The van der Waals surface area contributed by atoms with E-state index in [0.717, 1.165) is 38.8 Å². The van der Waals surface area contributed by atoms with Crippen LogP contribution in [0.2, 0.25) is 0 Å². The van der Waals surface area contributed by atoms with Crippen LogP contribution in [0.15, 0.2) is 24.3 Å². The molecule has 0 unspecified atom stereocenters. The maximum absolute atomic E-state index is 13.6. The van der Waals surface area contributed by atoms with Gasteiger partial charge in [0.25, 0.3) is 5.91 Å². The zero-order chi connectivity index (χ0) is 23.2. The molecular formula is C25H33N3O5. The lowest BCUT2D eigenvalue weighted by Gasteiger charge is -2.35. The van der Waals surface area contributed by atoms with Gasteiger partial charge in [-0.25, -0.2) is 0 Å². The van der Waals surface area contributed by atoms with Gasteiger partial charge in [0, 0.05) is 5.56 Å². The molecule has 3 saturated heterocycles. The van der Waals surface area contributed by atoms with Gasteiger partial charge in [0.05, 0.1) is 6.54 Å². The van der Waals surface area contributed by atoms with E-state index in [1.807, 2.05) is 24.3 Å². The first-order valence-electron chi connectivity index (χ1n) is 12.1. The molecule has 4 aliphatic rings. The molecule has 33 heavy (non-hydrogen) atoms. The van der Waals surface area contributed by atoms with Crippen LogP contribution in [0.25, 0.3) is 0 Å². The molecule has 0 aromatic heterocycles. The molecule has 1 aromatic carbocycles. The summed E-state index contributed by atoms with van der Waals surface area (Å²) in [5, 5.41) is 13.3. The van der Waals surface area contributed by atoms with Crippen molar-refractivity contribution in [3.05, 3.63) is 35.4 Å². The number of carbonyl (C=O) groups is 3. The molecule has 0 bridgehead atoms. The van der Waals surface area contributed by atoms with E-state index in [0.29, 0.717) is 24.3 Å². The highest BCUT2D eigenvalue weighted by molar-refractivity contribution is 6.01. The lowest BCUT2D eigenvalue weighted by atomic mass is 9.89. The Morgan fingerprint density at radius 2 is 1.79 bits per heavy atom. The number of ether oxygens (including phenoxy) is 1. The second kappa shape index (κ2) is 8.81. The number of piperidine rings is 1. The first-order valence-corrected chi connectivity index (χ1v) is 12.1. The van der Waals surface area contributed by atoms with Crippen molar-refractivity contribution in [3.63, 3.8) is 0 Å². The largest absolute Gasteiger partial charge is 0.388 e. The van der Waals surface area contributed by atoms with E-state index >= 15 is 0 Å². The van der Waals surface area contributed by atoms with Crippen LogP contribution in [-0.4, -0.2) is 89.6 Å². The minimum atomic E-state index is -1.04. The van der Waals surface area contributed by atoms with Crippen LogP contribution < -0.4 is 5.32 Å². The summed E-state index contributed by atoms with van der Waals surface area (Å²) in [5.41, 5.74) is 0.745. The number of fused-ring (bicyclic) bond motifs is 1.